The van der Waals surface area contributed by atoms with Crippen LogP contribution in [-0.4, -0.2) is 5.91 Å². The first-order valence-corrected chi connectivity index (χ1v) is 6.15. The van der Waals surface area contributed by atoms with Crippen LogP contribution in [0.25, 0.3) is 6.08 Å². The third-order valence-corrected chi connectivity index (χ3v) is 2.72. The summed E-state index contributed by atoms with van der Waals surface area (Å²) in [5, 5.41) is 11.7. The summed E-state index contributed by atoms with van der Waals surface area (Å²) in [5.74, 6) is 0.760. The Morgan fingerprint density at radius 3 is 2.45 bits per heavy atom. The molecule has 20 heavy (non-hydrogen) atoms. The fourth-order valence-corrected chi connectivity index (χ4v) is 1.66. The van der Waals surface area contributed by atoms with E-state index in [0.29, 0.717) is 11.4 Å². The molecule has 0 unspecified atom stereocenters. The van der Waals surface area contributed by atoms with Crippen molar-refractivity contribution in [1.29, 1.82) is 5.26 Å². The highest BCUT2D eigenvalue weighted by Gasteiger charge is 2.10. The molecular formula is C16H14N2O2. The molecule has 0 atom stereocenters. The lowest BCUT2D eigenvalue weighted by molar-refractivity contribution is -0.112. The maximum Gasteiger partial charge on any atom is 0.266 e. The van der Waals surface area contributed by atoms with Crippen LogP contribution in [0.4, 0.5) is 5.69 Å². The average Bonchev–Trinajstić information content (AvgIpc) is 2.84. The summed E-state index contributed by atoms with van der Waals surface area (Å²) >= 11 is 0. The normalized spacial score (nSPS) is 10.9. The number of hydrogen-bond donors (Lipinski definition) is 1. The van der Waals surface area contributed by atoms with Crippen molar-refractivity contribution in [2.75, 3.05) is 5.32 Å². The maximum absolute atomic E-state index is 12.0. The van der Waals surface area contributed by atoms with E-state index in [1.54, 1.807) is 31.2 Å². The Hall–Kier alpha value is -2.80. The second-order valence-corrected chi connectivity index (χ2v) is 4.44. The molecule has 2 rings (SSSR count). The van der Waals surface area contributed by atoms with Gasteiger partial charge in [0.2, 0.25) is 0 Å². The molecular weight excluding hydrogens is 252 g/mol. The number of aryl methyl sites for hydroxylation is 2. The molecule has 0 fully saturated rings. The van der Waals surface area contributed by atoms with Gasteiger partial charge >= 0.3 is 0 Å². The molecule has 4 nitrogen and oxygen atoms in total. The summed E-state index contributed by atoms with van der Waals surface area (Å²) in [6, 6.07) is 12.7. The Morgan fingerprint density at radius 2 is 1.90 bits per heavy atom. The van der Waals surface area contributed by atoms with Crippen LogP contribution < -0.4 is 5.32 Å². The van der Waals surface area contributed by atoms with Crippen molar-refractivity contribution in [3.63, 3.8) is 0 Å². The summed E-state index contributed by atoms with van der Waals surface area (Å²) in [6.07, 6.45) is 1.43. The van der Waals surface area contributed by atoms with Crippen LogP contribution in [0.2, 0.25) is 0 Å². The predicted octanol–water partition coefficient (Wildman–Crippen LogP) is 3.44. The number of carbonyl (C=O) groups is 1. The first-order chi connectivity index (χ1) is 9.58. The summed E-state index contributed by atoms with van der Waals surface area (Å²) in [7, 11) is 0. The molecule has 1 aromatic heterocycles. The molecule has 1 N–H and O–H groups in total. The molecule has 1 aromatic carbocycles. The van der Waals surface area contributed by atoms with Gasteiger partial charge in [0.15, 0.2) is 0 Å². The van der Waals surface area contributed by atoms with Crippen LogP contribution in [-0.2, 0) is 4.79 Å². The molecule has 0 radical (unpaired) electrons. The van der Waals surface area contributed by atoms with E-state index in [1.807, 2.05) is 25.1 Å². The van der Waals surface area contributed by atoms with Crippen molar-refractivity contribution in [1.82, 2.24) is 0 Å². The Bertz CT molecular complexity index is 688. The van der Waals surface area contributed by atoms with Crippen molar-refractivity contribution in [3.05, 3.63) is 59.1 Å². The molecule has 0 aliphatic heterocycles. The van der Waals surface area contributed by atoms with Crippen molar-refractivity contribution >= 4 is 17.7 Å². The van der Waals surface area contributed by atoms with Crippen LogP contribution in [0.5, 0.6) is 0 Å². The second-order valence-electron chi connectivity index (χ2n) is 4.44. The summed E-state index contributed by atoms with van der Waals surface area (Å²) in [4.78, 5) is 12.0. The predicted molar refractivity (Wildman–Crippen MR) is 76.8 cm³/mol. The Balaban J connectivity index is 2.16. The van der Waals surface area contributed by atoms with Gasteiger partial charge in [-0.25, -0.2) is 0 Å². The van der Waals surface area contributed by atoms with Crippen molar-refractivity contribution in [2.24, 2.45) is 0 Å². The van der Waals surface area contributed by atoms with Gasteiger partial charge in [0.05, 0.1) is 0 Å². The number of amides is 1. The first kappa shape index (κ1) is 13.6. The molecule has 0 saturated heterocycles. The highest BCUT2D eigenvalue weighted by atomic mass is 16.3. The maximum atomic E-state index is 12.0. The number of benzene rings is 1. The number of nitrogens with zero attached hydrogens (tertiary/aromatic N) is 1. The molecule has 1 amide bonds. The standard InChI is InChI=1S/C16H14N2O2/c1-11-3-6-14(7-4-11)18-16(19)13(10-17)9-15-8-5-12(2)20-15/h3-9H,1-2H3,(H,18,19)/b13-9+. The number of rotatable bonds is 3. The molecule has 0 aliphatic rings. The van der Waals surface area contributed by atoms with E-state index in [0.717, 1.165) is 11.3 Å². The number of furan rings is 1. The lowest BCUT2D eigenvalue weighted by Gasteiger charge is -2.04. The zero-order valence-electron chi connectivity index (χ0n) is 11.3. The largest absolute Gasteiger partial charge is 0.462 e. The van der Waals surface area contributed by atoms with Gasteiger partial charge in [0.1, 0.15) is 23.2 Å². The fourth-order valence-electron chi connectivity index (χ4n) is 1.66. The zero-order valence-corrected chi connectivity index (χ0v) is 11.3. The number of hydrogen-bond acceptors (Lipinski definition) is 3. The molecule has 4 heteroatoms. The van der Waals surface area contributed by atoms with E-state index in [-0.39, 0.29) is 5.57 Å². The summed E-state index contributed by atoms with van der Waals surface area (Å²) < 4.78 is 5.32. The zero-order chi connectivity index (χ0) is 14.5. The van der Waals surface area contributed by atoms with Gasteiger partial charge in [0.25, 0.3) is 5.91 Å². The lowest BCUT2D eigenvalue weighted by atomic mass is 10.2. The van der Waals surface area contributed by atoms with Crippen molar-refractivity contribution in [3.8, 4) is 6.07 Å². The van der Waals surface area contributed by atoms with Crippen LogP contribution in [0, 0.1) is 25.2 Å². The quantitative estimate of drug-likeness (QED) is 0.683. The Kier molecular flexibility index (Phi) is 4.02. The van der Waals surface area contributed by atoms with Crippen LogP contribution in [0.3, 0.4) is 0 Å². The molecule has 2 aromatic rings. The molecule has 0 spiro atoms. The fraction of sp³-hybridized carbons (Fsp3) is 0.125. The van der Waals surface area contributed by atoms with E-state index >= 15 is 0 Å². The van der Waals surface area contributed by atoms with E-state index < -0.39 is 5.91 Å². The van der Waals surface area contributed by atoms with Gasteiger partial charge in [-0.2, -0.15) is 5.26 Å². The first-order valence-electron chi connectivity index (χ1n) is 6.15. The number of anilines is 1. The SMILES string of the molecule is Cc1ccc(NC(=O)/C(C#N)=C/c2ccc(C)o2)cc1. The summed E-state index contributed by atoms with van der Waals surface area (Å²) in [5.41, 5.74) is 1.75. The third kappa shape index (κ3) is 3.36. The highest BCUT2D eigenvalue weighted by Crippen LogP contribution is 2.14. The number of nitrogens with one attached hydrogen (secondary N) is 1. The lowest BCUT2D eigenvalue weighted by Crippen LogP contribution is -2.13. The molecule has 0 saturated carbocycles. The van der Waals surface area contributed by atoms with E-state index in [2.05, 4.69) is 5.32 Å². The Morgan fingerprint density at radius 1 is 1.20 bits per heavy atom. The van der Waals surface area contributed by atoms with Gasteiger partial charge < -0.3 is 9.73 Å². The monoisotopic (exact) mass is 266 g/mol. The minimum atomic E-state index is -0.453. The van der Waals surface area contributed by atoms with Gasteiger partial charge in [-0.1, -0.05) is 17.7 Å². The van der Waals surface area contributed by atoms with E-state index in [9.17, 15) is 4.79 Å². The number of nitriles is 1. The topological polar surface area (TPSA) is 66.0 Å². The average molecular weight is 266 g/mol. The third-order valence-electron chi connectivity index (χ3n) is 2.72. The van der Waals surface area contributed by atoms with Gasteiger partial charge in [-0.05, 0) is 38.1 Å². The van der Waals surface area contributed by atoms with Gasteiger partial charge in [-0.15, -0.1) is 0 Å². The second kappa shape index (κ2) is 5.89. The number of carbonyl (C=O) groups excluding carboxylic acids is 1. The molecule has 0 bridgehead atoms. The van der Waals surface area contributed by atoms with E-state index in [4.69, 9.17) is 9.68 Å². The molecule has 0 aliphatic carbocycles. The van der Waals surface area contributed by atoms with E-state index in [1.165, 1.54) is 6.08 Å². The molecule has 100 valence electrons. The Labute approximate surface area is 117 Å². The molecule has 1 heterocycles. The smallest absolute Gasteiger partial charge is 0.266 e. The van der Waals surface area contributed by atoms with Crippen LogP contribution >= 0.6 is 0 Å². The minimum Gasteiger partial charge on any atom is -0.462 e. The summed E-state index contributed by atoms with van der Waals surface area (Å²) in [6.45, 7) is 3.77. The van der Waals surface area contributed by atoms with Gasteiger partial charge in [0, 0.05) is 11.8 Å². The minimum absolute atomic E-state index is 0.0000694. The van der Waals surface area contributed by atoms with Crippen LogP contribution in [0.1, 0.15) is 17.1 Å². The van der Waals surface area contributed by atoms with Crippen LogP contribution in [0.15, 0.2) is 46.4 Å². The van der Waals surface area contributed by atoms with Crippen molar-refractivity contribution in [2.45, 2.75) is 13.8 Å². The van der Waals surface area contributed by atoms with Gasteiger partial charge in [-0.3, -0.25) is 4.79 Å². The highest BCUT2D eigenvalue weighted by molar-refractivity contribution is 6.09. The van der Waals surface area contributed by atoms with Crippen molar-refractivity contribution < 1.29 is 9.21 Å².